The smallest absolute Gasteiger partial charge is 0.348 e. The Labute approximate surface area is 117 Å². The highest BCUT2D eigenvalue weighted by Gasteiger charge is 2.13. The van der Waals surface area contributed by atoms with Crippen molar-refractivity contribution in [3.8, 4) is 5.75 Å². The maximum absolute atomic E-state index is 11.4. The molecule has 92 valence electrons. The number of hydrogen-bond donors (Lipinski definition) is 0. The first-order valence-electron chi connectivity index (χ1n) is 5.02. The molecule has 0 heterocycles. The molecule has 1 rings (SSSR count). The molecule has 17 heavy (non-hydrogen) atoms. The summed E-state index contributed by atoms with van der Waals surface area (Å²) >= 11 is 6.52. The van der Waals surface area contributed by atoms with Crippen LogP contribution in [0.25, 0.3) is 0 Å². The number of halogens is 2. The van der Waals surface area contributed by atoms with Gasteiger partial charge < -0.3 is 9.47 Å². The molecule has 0 fully saturated rings. The Morgan fingerprint density at radius 3 is 2.59 bits per heavy atom. The molecule has 0 bridgehead atoms. The normalized spacial score (nSPS) is 11.8. The quantitative estimate of drug-likeness (QED) is 0.460. The topological polar surface area (TPSA) is 35.5 Å². The molecule has 1 aromatic rings. The van der Waals surface area contributed by atoms with Crippen molar-refractivity contribution in [2.45, 2.75) is 13.8 Å². The highest BCUT2D eigenvalue weighted by molar-refractivity contribution is 9.12. The molecule has 0 saturated heterocycles. The molecule has 0 aliphatic heterocycles. The Balaban J connectivity index is 2.84. The van der Waals surface area contributed by atoms with Gasteiger partial charge in [-0.2, -0.15) is 0 Å². The molecule has 0 saturated carbocycles. The van der Waals surface area contributed by atoms with Gasteiger partial charge >= 0.3 is 5.97 Å². The van der Waals surface area contributed by atoms with E-state index in [4.69, 9.17) is 9.47 Å². The lowest BCUT2D eigenvalue weighted by Gasteiger charge is -2.09. The van der Waals surface area contributed by atoms with Gasteiger partial charge in [0.15, 0.2) is 0 Å². The Hall–Kier alpha value is -0.810. The van der Waals surface area contributed by atoms with Crippen molar-refractivity contribution in [3.05, 3.63) is 39.0 Å². The molecule has 3 nitrogen and oxygen atoms in total. The minimum absolute atomic E-state index is 0.287. The Kier molecular flexibility index (Phi) is 5.71. The summed E-state index contributed by atoms with van der Waals surface area (Å²) < 4.78 is 11.5. The van der Waals surface area contributed by atoms with Gasteiger partial charge in [-0.1, -0.05) is 12.1 Å². The molecule has 0 radical (unpaired) electrons. The minimum Gasteiger partial charge on any atom is -0.462 e. The summed E-state index contributed by atoms with van der Waals surface area (Å²) in [5.74, 6) is 0.665. The molecule has 0 N–H and O–H groups in total. The number of esters is 1. The number of benzene rings is 1. The van der Waals surface area contributed by atoms with E-state index in [0.717, 1.165) is 4.47 Å². The minimum atomic E-state index is -0.433. The zero-order chi connectivity index (χ0) is 12.8. The molecule has 0 aliphatic rings. The Morgan fingerprint density at radius 2 is 2.00 bits per heavy atom. The van der Waals surface area contributed by atoms with Crippen LogP contribution in [-0.4, -0.2) is 12.6 Å². The van der Waals surface area contributed by atoms with Crippen LogP contribution >= 0.6 is 31.9 Å². The van der Waals surface area contributed by atoms with Crippen molar-refractivity contribution >= 4 is 37.8 Å². The van der Waals surface area contributed by atoms with Gasteiger partial charge in [-0.15, -0.1) is 0 Å². The van der Waals surface area contributed by atoms with Crippen molar-refractivity contribution in [1.29, 1.82) is 0 Å². The number of hydrogen-bond acceptors (Lipinski definition) is 3. The first-order chi connectivity index (χ1) is 8.06. The summed E-state index contributed by atoms with van der Waals surface area (Å²) in [7, 11) is 0. The van der Waals surface area contributed by atoms with Crippen molar-refractivity contribution in [2.75, 3.05) is 6.61 Å². The summed E-state index contributed by atoms with van der Waals surface area (Å²) in [5.41, 5.74) is 0. The number of para-hydroxylation sites is 1. The summed E-state index contributed by atoms with van der Waals surface area (Å²) in [4.78, 5) is 11.4. The predicted molar refractivity (Wildman–Crippen MR) is 73.0 cm³/mol. The number of ether oxygens (including phenoxy) is 2. The van der Waals surface area contributed by atoms with Crippen molar-refractivity contribution in [2.24, 2.45) is 0 Å². The summed E-state index contributed by atoms with van der Waals surface area (Å²) in [5, 5.41) is 0. The zero-order valence-electron chi connectivity index (χ0n) is 9.50. The van der Waals surface area contributed by atoms with Crippen LogP contribution < -0.4 is 4.74 Å². The van der Waals surface area contributed by atoms with E-state index < -0.39 is 5.97 Å². The third-order valence-corrected chi connectivity index (χ3v) is 3.40. The Morgan fingerprint density at radius 1 is 1.35 bits per heavy atom. The second-order valence-corrected chi connectivity index (χ2v) is 4.77. The van der Waals surface area contributed by atoms with Gasteiger partial charge in [-0.3, -0.25) is 0 Å². The molecule has 0 amide bonds. The highest BCUT2D eigenvalue weighted by atomic mass is 79.9. The average Bonchev–Trinajstić information content (AvgIpc) is 2.31. The van der Waals surface area contributed by atoms with Crippen LogP contribution in [0, 0.1) is 0 Å². The largest absolute Gasteiger partial charge is 0.462 e. The fourth-order valence-electron chi connectivity index (χ4n) is 1.08. The van der Waals surface area contributed by atoms with Gasteiger partial charge in [0, 0.05) is 0 Å². The van der Waals surface area contributed by atoms with E-state index in [0.29, 0.717) is 18.1 Å². The fourth-order valence-corrected chi connectivity index (χ4v) is 1.64. The third-order valence-electron chi connectivity index (χ3n) is 1.86. The van der Waals surface area contributed by atoms with E-state index in [9.17, 15) is 4.79 Å². The number of carbonyl (C=O) groups excluding carboxylic acids is 1. The first-order valence-corrected chi connectivity index (χ1v) is 6.60. The molecular weight excluding hydrogens is 352 g/mol. The number of allylic oxidation sites excluding steroid dienone is 1. The van der Waals surface area contributed by atoms with E-state index in [-0.39, 0.29) is 4.48 Å². The van der Waals surface area contributed by atoms with Gasteiger partial charge in [-0.25, -0.2) is 4.79 Å². The van der Waals surface area contributed by atoms with Crippen molar-refractivity contribution < 1.29 is 14.3 Å². The molecule has 0 aliphatic carbocycles. The summed E-state index contributed by atoms with van der Waals surface area (Å²) in [6.45, 7) is 3.78. The lowest BCUT2D eigenvalue weighted by atomic mass is 10.3. The van der Waals surface area contributed by atoms with Crippen LogP contribution in [0.4, 0.5) is 0 Å². The first kappa shape index (κ1) is 14.3. The van der Waals surface area contributed by atoms with Gasteiger partial charge in [0.05, 0.1) is 11.1 Å². The van der Waals surface area contributed by atoms with Gasteiger partial charge in [0.25, 0.3) is 0 Å². The maximum Gasteiger partial charge on any atom is 0.348 e. The van der Waals surface area contributed by atoms with E-state index >= 15 is 0 Å². The van der Waals surface area contributed by atoms with Gasteiger partial charge in [0.2, 0.25) is 0 Å². The van der Waals surface area contributed by atoms with Gasteiger partial charge in [0.1, 0.15) is 16.0 Å². The molecule has 0 atom stereocenters. The van der Waals surface area contributed by atoms with Crippen LogP contribution in [0.1, 0.15) is 13.8 Å². The lowest BCUT2D eigenvalue weighted by Crippen LogP contribution is -2.07. The predicted octanol–water partition coefficient (Wildman–Crippen LogP) is 4.02. The summed E-state index contributed by atoms with van der Waals surface area (Å²) in [6, 6.07) is 7.40. The highest BCUT2D eigenvalue weighted by Crippen LogP contribution is 2.27. The molecule has 0 spiro atoms. The van der Waals surface area contributed by atoms with Crippen LogP contribution in [0.15, 0.2) is 39.0 Å². The average molecular weight is 364 g/mol. The standard InChI is InChI=1S/C12H12Br2O3/c1-3-16-12(15)11(14)8(2)17-10-7-5-4-6-9(10)13/h4-7H,3H2,1-2H3/b11-8+. The second kappa shape index (κ2) is 6.81. The monoisotopic (exact) mass is 362 g/mol. The van der Waals surface area contributed by atoms with Crippen LogP contribution in [-0.2, 0) is 9.53 Å². The van der Waals surface area contributed by atoms with E-state index in [1.54, 1.807) is 19.9 Å². The third kappa shape index (κ3) is 4.16. The van der Waals surface area contributed by atoms with Crippen LogP contribution in [0.3, 0.4) is 0 Å². The van der Waals surface area contributed by atoms with E-state index in [1.807, 2.05) is 18.2 Å². The number of carbonyl (C=O) groups is 1. The molecule has 1 aromatic carbocycles. The van der Waals surface area contributed by atoms with Crippen LogP contribution in [0.2, 0.25) is 0 Å². The SMILES string of the molecule is CCOC(=O)/C(Br)=C(/C)Oc1ccccc1Br. The van der Waals surface area contributed by atoms with Crippen molar-refractivity contribution in [1.82, 2.24) is 0 Å². The molecule has 5 heteroatoms. The van der Waals surface area contributed by atoms with E-state index in [2.05, 4.69) is 31.9 Å². The molecule has 0 aromatic heterocycles. The van der Waals surface area contributed by atoms with E-state index in [1.165, 1.54) is 0 Å². The Bertz CT molecular complexity index is 441. The molecule has 0 unspecified atom stereocenters. The van der Waals surface area contributed by atoms with Gasteiger partial charge in [-0.05, 0) is 57.8 Å². The summed E-state index contributed by atoms with van der Waals surface area (Å²) in [6.07, 6.45) is 0. The number of rotatable bonds is 4. The zero-order valence-corrected chi connectivity index (χ0v) is 12.7. The molecular formula is C12H12Br2O3. The van der Waals surface area contributed by atoms with Crippen LogP contribution in [0.5, 0.6) is 5.75 Å². The van der Waals surface area contributed by atoms with Crippen molar-refractivity contribution in [3.63, 3.8) is 0 Å². The fraction of sp³-hybridized carbons (Fsp3) is 0.250. The lowest BCUT2D eigenvalue weighted by molar-refractivity contribution is -0.137. The maximum atomic E-state index is 11.4. The second-order valence-electron chi connectivity index (χ2n) is 3.12.